The first-order valence-electron chi connectivity index (χ1n) is 6.07. The Bertz CT molecular complexity index is 630. The number of anilines is 1. The number of phenolic OH excluding ortho intramolecular Hbond substituents is 1. The van der Waals surface area contributed by atoms with Gasteiger partial charge in [-0.15, -0.1) is 0 Å². The Labute approximate surface area is 128 Å². The molecule has 0 unspecified atom stereocenters. The first-order chi connectivity index (χ1) is 9.52. The van der Waals surface area contributed by atoms with E-state index in [0.29, 0.717) is 12.3 Å². The average Bonchev–Trinajstić information content (AvgIpc) is 2.44. The van der Waals surface area contributed by atoms with Crippen LogP contribution in [-0.4, -0.2) is 12.2 Å². The van der Waals surface area contributed by atoms with E-state index in [1.54, 1.807) is 12.1 Å². The maximum absolute atomic E-state index is 9.69. The molecule has 0 saturated carbocycles. The van der Waals surface area contributed by atoms with Crippen LogP contribution in [0.3, 0.4) is 0 Å². The smallest absolute Gasteiger partial charge is 0.176 e. The molecule has 0 heterocycles. The number of nitrogens with one attached hydrogen (secondary N) is 1. The highest BCUT2D eigenvalue weighted by Gasteiger charge is 2.09. The van der Waals surface area contributed by atoms with Crippen molar-refractivity contribution in [2.24, 2.45) is 0 Å². The Morgan fingerprint density at radius 1 is 1.20 bits per heavy atom. The molecule has 0 saturated heterocycles. The summed E-state index contributed by atoms with van der Waals surface area (Å²) in [5.41, 5.74) is 2.86. The number of hydrogen-bond donors (Lipinski definition) is 2. The number of halogens is 2. The van der Waals surface area contributed by atoms with E-state index in [0.717, 1.165) is 21.8 Å². The Balaban J connectivity index is 2.19. The second kappa shape index (κ2) is 6.25. The predicted molar refractivity (Wildman–Crippen MR) is 83.2 cm³/mol. The lowest BCUT2D eigenvalue weighted by atomic mass is 10.1. The summed E-state index contributed by atoms with van der Waals surface area (Å²) in [6.45, 7) is 2.51. The van der Waals surface area contributed by atoms with Crippen molar-refractivity contribution >= 4 is 28.9 Å². The van der Waals surface area contributed by atoms with Gasteiger partial charge < -0.3 is 15.2 Å². The number of benzene rings is 2. The van der Waals surface area contributed by atoms with Gasteiger partial charge in [-0.05, 0) is 42.3 Å². The minimum atomic E-state index is -0.0446. The lowest BCUT2D eigenvalue weighted by Gasteiger charge is -2.12. The lowest BCUT2D eigenvalue weighted by Crippen LogP contribution is -2.01. The number of hydrogen-bond acceptors (Lipinski definition) is 3. The lowest BCUT2D eigenvalue weighted by molar-refractivity contribution is 0.373. The van der Waals surface area contributed by atoms with Crippen molar-refractivity contribution in [1.29, 1.82) is 0 Å². The molecule has 0 radical (unpaired) electrons. The highest BCUT2D eigenvalue weighted by molar-refractivity contribution is 6.32. The fourth-order valence-electron chi connectivity index (χ4n) is 1.88. The molecule has 2 N–H and O–H groups in total. The number of phenols is 1. The van der Waals surface area contributed by atoms with Gasteiger partial charge in [0.05, 0.1) is 12.1 Å². The summed E-state index contributed by atoms with van der Waals surface area (Å²) < 4.78 is 5.08. The van der Waals surface area contributed by atoms with Crippen molar-refractivity contribution in [3.05, 3.63) is 51.5 Å². The van der Waals surface area contributed by atoms with Crippen LogP contribution < -0.4 is 10.1 Å². The highest BCUT2D eigenvalue weighted by Crippen LogP contribution is 2.35. The molecule has 106 valence electrons. The van der Waals surface area contributed by atoms with Gasteiger partial charge in [0.2, 0.25) is 0 Å². The van der Waals surface area contributed by atoms with E-state index in [4.69, 9.17) is 27.9 Å². The Kier molecular flexibility index (Phi) is 4.63. The first-order valence-corrected chi connectivity index (χ1v) is 6.83. The van der Waals surface area contributed by atoms with E-state index in [1.165, 1.54) is 7.11 Å². The second-order valence-corrected chi connectivity index (χ2v) is 5.21. The molecule has 0 aliphatic carbocycles. The molecule has 0 fully saturated rings. The van der Waals surface area contributed by atoms with Gasteiger partial charge in [-0.1, -0.05) is 29.3 Å². The summed E-state index contributed by atoms with van der Waals surface area (Å²) in [6, 6.07) is 9.14. The summed E-state index contributed by atoms with van der Waals surface area (Å²) in [4.78, 5) is 0. The molecule has 3 nitrogen and oxygen atoms in total. The first kappa shape index (κ1) is 14.8. The molecule has 2 rings (SSSR count). The molecular weight excluding hydrogens is 297 g/mol. The zero-order valence-electron chi connectivity index (χ0n) is 11.2. The van der Waals surface area contributed by atoms with E-state index in [9.17, 15) is 5.11 Å². The van der Waals surface area contributed by atoms with Crippen molar-refractivity contribution in [2.75, 3.05) is 12.4 Å². The quantitative estimate of drug-likeness (QED) is 0.865. The van der Waals surface area contributed by atoms with Crippen molar-refractivity contribution in [3.63, 3.8) is 0 Å². The van der Waals surface area contributed by atoms with E-state index < -0.39 is 0 Å². The molecule has 0 bridgehead atoms. The van der Waals surface area contributed by atoms with Gasteiger partial charge in [0.1, 0.15) is 0 Å². The van der Waals surface area contributed by atoms with Crippen LogP contribution in [0.4, 0.5) is 5.69 Å². The minimum absolute atomic E-state index is 0.0446. The SMILES string of the molecule is COc1cc(CNc2cccc(Cl)c2C)cc(Cl)c1O. The van der Waals surface area contributed by atoms with Gasteiger partial charge in [0.25, 0.3) is 0 Å². The second-order valence-electron chi connectivity index (χ2n) is 4.39. The normalized spacial score (nSPS) is 10.4. The molecule has 5 heteroatoms. The topological polar surface area (TPSA) is 41.5 Å². The number of rotatable bonds is 4. The van der Waals surface area contributed by atoms with E-state index in [1.807, 2.05) is 25.1 Å². The van der Waals surface area contributed by atoms with Crippen LogP contribution in [0, 0.1) is 6.92 Å². The predicted octanol–water partition coefficient (Wildman–Crippen LogP) is 4.63. The summed E-state index contributed by atoms with van der Waals surface area (Å²) in [6.07, 6.45) is 0. The third-order valence-corrected chi connectivity index (χ3v) is 3.76. The summed E-state index contributed by atoms with van der Waals surface area (Å²) >= 11 is 12.0. The molecule has 2 aromatic rings. The van der Waals surface area contributed by atoms with Crippen molar-refractivity contribution in [1.82, 2.24) is 0 Å². The van der Waals surface area contributed by atoms with Crippen LogP contribution in [0.5, 0.6) is 11.5 Å². The van der Waals surface area contributed by atoms with Crippen molar-refractivity contribution < 1.29 is 9.84 Å². The van der Waals surface area contributed by atoms with Gasteiger partial charge in [-0.25, -0.2) is 0 Å². The van der Waals surface area contributed by atoms with Crippen LogP contribution in [0.1, 0.15) is 11.1 Å². The minimum Gasteiger partial charge on any atom is -0.503 e. The third kappa shape index (κ3) is 3.11. The molecule has 20 heavy (non-hydrogen) atoms. The van der Waals surface area contributed by atoms with Crippen LogP contribution in [-0.2, 0) is 6.54 Å². The molecule has 0 atom stereocenters. The largest absolute Gasteiger partial charge is 0.503 e. The molecule has 2 aromatic carbocycles. The third-order valence-electron chi connectivity index (χ3n) is 3.06. The number of ether oxygens (including phenoxy) is 1. The van der Waals surface area contributed by atoms with E-state index in [2.05, 4.69) is 5.32 Å². The molecule has 0 aliphatic heterocycles. The summed E-state index contributed by atoms with van der Waals surface area (Å²) in [5, 5.41) is 14.0. The zero-order valence-corrected chi connectivity index (χ0v) is 12.7. The van der Waals surface area contributed by atoms with Crippen LogP contribution in [0.2, 0.25) is 10.0 Å². The highest BCUT2D eigenvalue weighted by atomic mass is 35.5. The molecular formula is C15H15Cl2NO2. The van der Waals surface area contributed by atoms with Crippen LogP contribution in [0.25, 0.3) is 0 Å². The van der Waals surface area contributed by atoms with E-state index in [-0.39, 0.29) is 10.8 Å². The maximum atomic E-state index is 9.69. The monoisotopic (exact) mass is 311 g/mol. The average molecular weight is 312 g/mol. The van der Waals surface area contributed by atoms with E-state index >= 15 is 0 Å². The van der Waals surface area contributed by atoms with Crippen molar-refractivity contribution in [2.45, 2.75) is 13.5 Å². The maximum Gasteiger partial charge on any atom is 0.176 e. The van der Waals surface area contributed by atoms with Gasteiger partial charge in [0.15, 0.2) is 11.5 Å². The number of methoxy groups -OCH3 is 1. The molecule has 0 aromatic heterocycles. The van der Waals surface area contributed by atoms with Gasteiger partial charge in [0, 0.05) is 17.3 Å². The molecule has 0 aliphatic rings. The van der Waals surface area contributed by atoms with Gasteiger partial charge in [-0.2, -0.15) is 0 Å². The molecule has 0 amide bonds. The molecule has 0 spiro atoms. The van der Waals surface area contributed by atoms with Crippen molar-refractivity contribution in [3.8, 4) is 11.5 Å². The Hall–Kier alpha value is -1.58. The van der Waals surface area contributed by atoms with Gasteiger partial charge >= 0.3 is 0 Å². The zero-order chi connectivity index (χ0) is 14.7. The number of aromatic hydroxyl groups is 1. The van der Waals surface area contributed by atoms with Gasteiger partial charge in [-0.3, -0.25) is 0 Å². The summed E-state index contributed by atoms with van der Waals surface area (Å²) in [7, 11) is 1.49. The summed E-state index contributed by atoms with van der Waals surface area (Å²) in [5.74, 6) is 0.314. The standard InChI is InChI=1S/C15H15Cl2NO2/c1-9-11(16)4-3-5-13(9)18-8-10-6-12(17)15(19)14(7-10)20-2/h3-7,18-19H,8H2,1-2H3. The van der Waals surface area contributed by atoms with Crippen LogP contribution in [0.15, 0.2) is 30.3 Å². The Morgan fingerprint density at radius 3 is 2.65 bits per heavy atom. The fraction of sp³-hybridized carbons (Fsp3) is 0.200. The Morgan fingerprint density at radius 2 is 1.95 bits per heavy atom. The fourth-order valence-corrected chi connectivity index (χ4v) is 2.29. The van der Waals surface area contributed by atoms with Crippen LogP contribution >= 0.6 is 23.2 Å².